The van der Waals surface area contributed by atoms with Crippen molar-refractivity contribution in [2.75, 3.05) is 13.7 Å². The number of nitrogens with one attached hydrogen (secondary N) is 1. The Morgan fingerprint density at radius 2 is 2.07 bits per heavy atom. The molecule has 0 saturated heterocycles. The smallest absolute Gasteiger partial charge is 0.0638 e. The molecule has 1 aliphatic carbocycles. The van der Waals surface area contributed by atoms with Crippen LogP contribution >= 0.6 is 0 Å². The van der Waals surface area contributed by atoms with E-state index in [0.29, 0.717) is 18.6 Å². The molecule has 0 bridgehead atoms. The second-order valence-corrected chi connectivity index (χ2v) is 4.91. The van der Waals surface area contributed by atoms with E-state index in [2.05, 4.69) is 31.3 Å². The summed E-state index contributed by atoms with van der Waals surface area (Å²) >= 11 is 0. The minimum Gasteiger partial charge on any atom is -0.379 e. The van der Waals surface area contributed by atoms with Gasteiger partial charge in [-0.15, -0.1) is 0 Å². The van der Waals surface area contributed by atoms with Gasteiger partial charge in [0.15, 0.2) is 0 Å². The Balaban J connectivity index is 2.35. The van der Waals surface area contributed by atoms with Crippen molar-refractivity contribution >= 4 is 0 Å². The van der Waals surface area contributed by atoms with Crippen LogP contribution in [0.3, 0.4) is 0 Å². The molecule has 3 nitrogen and oxygen atoms in total. The van der Waals surface area contributed by atoms with Crippen molar-refractivity contribution in [3.05, 3.63) is 12.2 Å². The minimum absolute atomic E-state index is 0.0942. The van der Waals surface area contributed by atoms with E-state index >= 15 is 0 Å². The molecule has 0 aromatic carbocycles. The first-order chi connectivity index (χ1) is 7.07. The number of hydrogen-bond donors (Lipinski definition) is 2. The zero-order chi connectivity index (χ0) is 11.3. The fraction of sp³-hybridized carbons (Fsp3) is 0.833. The lowest BCUT2D eigenvalue weighted by atomic mass is 9.98. The molecular weight excluding hydrogens is 188 g/mol. The molecule has 0 amide bonds. The van der Waals surface area contributed by atoms with E-state index in [-0.39, 0.29) is 5.60 Å². The topological polar surface area (TPSA) is 47.3 Å². The highest BCUT2D eigenvalue weighted by Gasteiger charge is 2.23. The fourth-order valence-corrected chi connectivity index (χ4v) is 1.97. The predicted octanol–water partition coefficient (Wildman–Crippen LogP) is 1.44. The van der Waals surface area contributed by atoms with Crippen LogP contribution in [0.4, 0.5) is 0 Å². The Morgan fingerprint density at radius 3 is 2.53 bits per heavy atom. The van der Waals surface area contributed by atoms with Crippen molar-refractivity contribution in [1.82, 2.24) is 5.32 Å². The van der Waals surface area contributed by atoms with Gasteiger partial charge >= 0.3 is 0 Å². The summed E-state index contributed by atoms with van der Waals surface area (Å²) in [6.45, 7) is 4.87. The van der Waals surface area contributed by atoms with Crippen molar-refractivity contribution in [3.63, 3.8) is 0 Å². The summed E-state index contributed by atoms with van der Waals surface area (Å²) in [4.78, 5) is 0. The van der Waals surface area contributed by atoms with Crippen LogP contribution in [-0.4, -0.2) is 31.3 Å². The van der Waals surface area contributed by atoms with Crippen molar-refractivity contribution in [3.8, 4) is 0 Å². The van der Waals surface area contributed by atoms with Crippen molar-refractivity contribution < 1.29 is 4.74 Å². The van der Waals surface area contributed by atoms with Crippen molar-refractivity contribution in [1.29, 1.82) is 0 Å². The molecule has 15 heavy (non-hydrogen) atoms. The third-order valence-electron chi connectivity index (χ3n) is 3.05. The van der Waals surface area contributed by atoms with Gasteiger partial charge in [-0.3, -0.25) is 0 Å². The van der Waals surface area contributed by atoms with Gasteiger partial charge in [0.05, 0.1) is 5.60 Å². The maximum absolute atomic E-state index is 5.77. The molecule has 0 fully saturated rings. The maximum atomic E-state index is 5.77. The second kappa shape index (κ2) is 5.64. The third kappa shape index (κ3) is 4.33. The van der Waals surface area contributed by atoms with Crippen LogP contribution in [0.25, 0.3) is 0 Å². The number of nitrogens with two attached hydrogens (primary N) is 1. The standard InChI is InChI=1S/C12H24N2O/c1-12(2,15-3)8-11(9-13)14-10-6-4-5-7-10/h4-5,10-11,14H,6-9,13H2,1-3H3. The summed E-state index contributed by atoms with van der Waals surface area (Å²) in [5, 5.41) is 3.59. The Hall–Kier alpha value is -0.380. The van der Waals surface area contributed by atoms with Crippen LogP contribution in [-0.2, 0) is 4.74 Å². The van der Waals surface area contributed by atoms with E-state index in [4.69, 9.17) is 10.5 Å². The molecule has 1 aliphatic rings. The average Bonchev–Trinajstić information content (AvgIpc) is 2.69. The van der Waals surface area contributed by atoms with E-state index < -0.39 is 0 Å². The van der Waals surface area contributed by atoms with Gasteiger partial charge in [-0.05, 0) is 33.1 Å². The maximum Gasteiger partial charge on any atom is 0.0638 e. The molecule has 0 aromatic rings. The van der Waals surface area contributed by atoms with E-state index in [1.54, 1.807) is 7.11 Å². The van der Waals surface area contributed by atoms with Gasteiger partial charge in [-0.25, -0.2) is 0 Å². The molecular formula is C12H24N2O. The summed E-state index contributed by atoms with van der Waals surface area (Å²) in [5.41, 5.74) is 5.68. The van der Waals surface area contributed by atoms with Crippen LogP contribution in [0.15, 0.2) is 12.2 Å². The van der Waals surface area contributed by atoms with E-state index in [1.807, 2.05) is 0 Å². The third-order valence-corrected chi connectivity index (χ3v) is 3.05. The molecule has 0 radical (unpaired) electrons. The molecule has 0 spiro atoms. The van der Waals surface area contributed by atoms with Gasteiger partial charge in [-0.2, -0.15) is 0 Å². The zero-order valence-corrected chi connectivity index (χ0v) is 10.1. The minimum atomic E-state index is -0.0942. The zero-order valence-electron chi connectivity index (χ0n) is 10.1. The van der Waals surface area contributed by atoms with Crippen LogP contribution in [0.2, 0.25) is 0 Å². The van der Waals surface area contributed by atoms with E-state index in [9.17, 15) is 0 Å². The molecule has 1 atom stereocenters. The predicted molar refractivity (Wildman–Crippen MR) is 63.8 cm³/mol. The fourth-order valence-electron chi connectivity index (χ4n) is 1.97. The quantitative estimate of drug-likeness (QED) is 0.655. The SMILES string of the molecule is COC(C)(C)CC(CN)NC1CC=CC1. The highest BCUT2D eigenvalue weighted by molar-refractivity contribution is 4.99. The lowest BCUT2D eigenvalue weighted by molar-refractivity contribution is 0.00696. The average molecular weight is 212 g/mol. The monoisotopic (exact) mass is 212 g/mol. The van der Waals surface area contributed by atoms with Gasteiger partial charge in [0.2, 0.25) is 0 Å². The summed E-state index contributed by atoms with van der Waals surface area (Å²) in [7, 11) is 1.75. The Bertz CT molecular complexity index is 206. The van der Waals surface area contributed by atoms with Gasteiger partial charge in [0.1, 0.15) is 0 Å². The van der Waals surface area contributed by atoms with Crippen molar-refractivity contribution in [2.24, 2.45) is 5.73 Å². The number of rotatable bonds is 6. The first-order valence-electron chi connectivity index (χ1n) is 5.73. The second-order valence-electron chi connectivity index (χ2n) is 4.91. The lowest BCUT2D eigenvalue weighted by Crippen LogP contribution is -2.46. The van der Waals surface area contributed by atoms with Gasteiger partial charge in [0.25, 0.3) is 0 Å². The first-order valence-corrected chi connectivity index (χ1v) is 5.73. The Morgan fingerprint density at radius 1 is 1.47 bits per heavy atom. The molecule has 0 saturated carbocycles. The molecule has 88 valence electrons. The lowest BCUT2D eigenvalue weighted by Gasteiger charge is -2.30. The molecule has 0 aliphatic heterocycles. The van der Waals surface area contributed by atoms with Crippen LogP contribution in [0.5, 0.6) is 0 Å². The molecule has 1 rings (SSSR count). The first kappa shape index (κ1) is 12.7. The molecule has 3 N–H and O–H groups in total. The summed E-state index contributed by atoms with van der Waals surface area (Å²) in [6.07, 6.45) is 7.67. The van der Waals surface area contributed by atoms with Crippen LogP contribution in [0, 0.1) is 0 Å². The summed E-state index contributed by atoms with van der Waals surface area (Å²) < 4.78 is 5.42. The van der Waals surface area contributed by atoms with Crippen molar-refractivity contribution in [2.45, 2.75) is 50.8 Å². The largest absolute Gasteiger partial charge is 0.379 e. The highest BCUT2D eigenvalue weighted by atomic mass is 16.5. The molecule has 3 heteroatoms. The number of hydrogen-bond acceptors (Lipinski definition) is 3. The van der Waals surface area contributed by atoms with Gasteiger partial charge in [-0.1, -0.05) is 12.2 Å². The summed E-state index contributed by atoms with van der Waals surface area (Å²) in [5.74, 6) is 0. The van der Waals surface area contributed by atoms with Crippen LogP contribution in [0.1, 0.15) is 33.1 Å². The van der Waals surface area contributed by atoms with Crippen LogP contribution < -0.4 is 11.1 Å². The van der Waals surface area contributed by atoms with Gasteiger partial charge in [0, 0.05) is 25.7 Å². The Kier molecular flexibility index (Phi) is 4.77. The molecule has 1 unspecified atom stereocenters. The van der Waals surface area contributed by atoms with E-state index in [1.165, 1.54) is 0 Å². The van der Waals surface area contributed by atoms with Gasteiger partial charge < -0.3 is 15.8 Å². The highest BCUT2D eigenvalue weighted by Crippen LogP contribution is 2.17. The molecule has 0 heterocycles. The normalized spacial score (nSPS) is 19.7. The Labute approximate surface area is 93.1 Å². The number of ether oxygens (including phenoxy) is 1. The molecule has 0 aromatic heterocycles. The van der Waals surface area contributed by atoms with E-state index in [0.717, 1.165) is 19.3 Å². The number of methoxy groups -OCH3 is 1. The summed E-state index contributed by atoms with van der Waals surface area (Å²) in [6, 6.07) is 0.927.